The van der Waals surface area contributed by atoms with Crippen molar-refractivity contribution in [3.63, 3.8) is 0 Å². The minimum atomic E-state index is -0.175. The average Bonchev–Trinajstić information content (AvgIpc) is 2.91. The zero-order valence-electron chi connectivity index (χ0n) is 13.7. The summed E-state index contributed by atoms with van der Waals surface area (Å²) in [5.41, 5.74) is 0. The van der Waals surface area contributed by atoms with Gasteiger partial charge < -0.3 is 15.0 Å². The second-order valence-corrected chi connectivity index (χ2v) is 6.21. The number of ether oxygens (including phenoxy) is 1. The molecule has 118 valence electrons. The Kier molecular flexibility index (Phi) is 8.15. The highest BCUT2D eigenvalue weighted by molar-refractivity contribution is 5.75. The Labute approximate surface area is 124 Å². The number of carbonyl (C=O) groups excluding carboxylic acids is 1. The van der Waals surface area contributed by atoms with Crippen LogP contribution in [0.15, 0.2) is 0 Å². The molecule has 0 radical (unpaired) electrons. The second-order valence-electron chi connectivity index (χ2n) is 6.21. The molecule has 4 nitrogen and oxygen atoms in total. The number of hydrogen-bond donors (Lipinski definition) is 1. The fraction of sp³-hybridized carbons (Fsp3) is 0.938. The van der Waals surface area contributed by atoms with Gasteiger partial charge in [0.15, 0.2) is 0 Å². The summed E-state index contributed by atoms with van der Waals surface area (Å²) in [6.07, 6.45) is 6.17. The molecule has 1 N–H and O–H groups in total. The monoisotopic (exact) mass is 284 g/mol. The van der Waals surface area contributed by atoms with Gasteiger partial charge in [-0.15, -0.1) is 0 Å². The van der Waals surface area contributed by atoms with Gasteiger partial charge in [-0.1, -0.05) is 26.7 Å². The van der Waals surface area contributed by atoms with E-state index in [0.29, 0.717) is 12.5 Å². The van der Waals surface area contributed by atoms with E-state index in [0.717, 1.165) is 25.6 Å². The van der Waals surface area contributed by atoms with E-state index in [4.69, 9.17) is 4.74 Å². The molecular formula is C16H32N2O2. The van der Waals surface area contributed by atoms with Crippen molar-refractivity contribution < 1.29 is 9.53 Å². The first-order chi connectivity index (χ1) is 9.58. The van der Waals surface area contributed by atoms with Crippen LogP contribution in [-0.2, 0) is 9.53 Å². The molecule has 0 heterocycles. The molecule has 0 aliphatic heterocycles. The third-order valence-electron chi connectivity index (χ3n) is 4.07. The van der Waals surface area contributed by atoms with E-state index < -0.39 is 0 Å². The molecule has 1 aliphatic carbocycles. The van der Waals surface area contributed by atoms with Gasteiger partial charge >= 0.3 is 5.97 Å². The van der Waals surface area contributed by atoms with Crippen LogP contribution in [0, 0.1) is 5.92 Å². The molecule has 0 amide bonds. The Morgan fingerprint density at radius 2 is 2.00 bits per heavy atom. The van der Waals surface area contributed by atoms with Crippen LogP contribution >= 0.6 is 0 Å². The smallest absolute Gasteiger partial charge is 0.323 e. The summed E-state index contributed by atoms with van der Waals surface area (Å²) in [6, 6.07) is 0.545. The zero-order chi connectivity index (χ0) is 15.0. The van der Waals surface area contributed by atoms with E-state index in [2.05, 4.69) is 24.1 Å². The van der Waals surface area contributed by atoms with Crippen molar-refractivity contribution in [3.05, 3.63) is 0 Å². The molecule has 20 heavy (non-hydrogen) atoms. The van der Waals surface area contributed by atoms with Crippen LogP contribution < -0.4 is 5.32 Å². The van der Waals surface area contributed by atoms with Crippen LogP contribution in [0.3, 0.4) is 0 Å². The lowest BCUT2D eigenvalue weighted by Crippen LogP contribution is -2.42. The fourth-order valence-electron chi connectivity index (χ4n) is 3.08. The predicted octanol–water partition coefficient (Wildman–Crippen LogP) is 2.43. The number of nitrogens with one attached hydrogen (secondary N) is 1. The normalized spacial score (nSPS) is 17.9. The highest BCUT2D eigenvalue weighted by Crippen LogP contribution is 2.24. The van der Waals surface area contributed by atoms with Crippen LogP contribution in [-0.4, -0.2) is 49.7 Å². The molecule has 0 bridgehead atoms. The quantitative estimate of drug-likeness (QED) is 0.660. The molecule has 1 unspecified atom stereocenters. The van der Waals surface area contributed by atoms with E-state index in [1.807, 2.05) is 14.0 Å². The van der Waals surface area contributed by atoms with Gasteiger partial charge in [0.25, 0.3) is 0 Å². The maximum absolute atomic E-state index is 11.8. The van der Waals surface area contributed by atoms with Gasteiger partial charge in [0.05, 0.1) is 6.61 Å². The predicted molar refractivity (Wildman–Crippen MR) is 82.8 cm³/mol. The molecule has 1 saturated carbocycles. The Hall–Kier alpha value is -0.610. The van der Waals surface area contributed by atoms with Gasteiger partial charge in [-0.2, -0.15) is 0 Å². The van der Waals surface area contributed by atoms with E-state index in [9.17, 15) is 4.79 Å². The van der Waals surface area contributed by atoms with Crippen LogP contribution in [0.5, 0.6) is 0 Å². The van der Waals surface area contributed by atoms with Gasteiger partial charge in [-0.25, -0.2) is 0 Å². The van der Waals surface area contributed by atoms with E-state index in [1.165, 1.54) is 25.7 Å². The van der Waals surface area contributed by atoms with Gasteiger partial charge in [0.2, 0.25) is 0 Å². The number of esters is 1. The Morgan fingerprint density at radius 3 is 2.50 bits per heavy atom. The summed E-state index contributed by atoms with van der Waals surface area (Å²) in [5.74, 6) is 0.553. The van der Waals surface area contributed by atoms with Gasteiger partial charge in [0.1, 0.15) is 6.04 Å². The van der Waals surface area contributed by atoms with Crippen molar-refractivity contribution in [2.75, 3.05) is 26.7 Å². The summed E-state index contributed by atoms with van der Waals surface area (Å²) in [4.78, 5) is 14.4. The largest absolute Gasteiger partial charge is 0.465 e. The van der Waals surface area contributed by atoms with Crippen LogP contribution in [0.2, 0.25) is 0 Å². The molecule has 0 aromatic carbocycles. The van der Waals surface area contributed by atoms with E-state index >= 15 is 0 Å². The molecule has 1 atom stereocenters. The van der Waals surface area contributed by atoms with Crippen molar-refractivity contribution in [2.45, 2.75) is 65.0 Å². The first kappa shape index (κ1) is 17.4. The standard InChI is InChI=1S/C16H32N2O2/c1-5-20-16(19)15(17-4)10-11-18(12-13(2)3)14-8-6-7-9-14/h13-15,17H,5-12H2,1-4H3. The zero-order valence-corrected chi connectivity index (χ0v) is 13.7. The minimum Gasteiger partial charge on any atom is -0.465 e. The van der Waals surface area contributed by atoms with E-state index in [-0.39, 0.29) is 12.0 Å². The minimum absolute atomic E-state index is 0.120. The third-order valence-corrected chi connectivity index (χ3v) is 4.07. The number of carbonyl (C=O) groups is 1. The highest BCUT2D eigenvalue weighted by atomic mass is 16.5. The molecule has 0 saturated heterocycles. The maximum Gasteiger partial charge on any atom is 0.323 e. The lowest BCUT2D eigenvalue weighted by molar-refractivity contribution is -0.145. The molecule has 1 rings (SSSR count). The first-order valence-corrected chi connectivity index (χ1v) is 8.16. The number of nitrogens with zero attached hydrogens (tertiary/aromatic N) is 1. The van der Waals surface area contributed by atoms with Crippen LogP contribution in [0.1, 0.15) is 52.9 Å². The van der Waals surface area contributed by atoms with Crippen molar-refractivity contribution in [1.82, 2.24) is 10.2 Å². The molecule has 1 aliphatic rings. The lowest BCUT2D eigenvalue weighted by atomic mass is 10.1. The number of rotatable bonds is 9. The molecule has 0 aromatic rings. The number of likely N-dealkylation sites (N-methyl/N-ethyl adjacent to an activating group) is 1. The second kappa shape index (κ2) is 9.35. The summed E-state index contributed by atoms with van der Waals surface area (Å²) in [7, 11) is 1.84. The highest BCUT2D eigenvalue weighted by Gasteiger charge is 2.25. The molecule has 0 spiro atoms. The average molecular weight is 284 g/mol. The molecular weight excluding hydrogens is 252 g/mol. The van der Waals surface area contributed by atoms with Crippen molar-refractivity contribution in [2.24, 2.45) is 5.92 Å². The van der Waals surface area contributed by atoms with Crippen molar-refractivity contribution in [1.29, 1.82) is 0 Å². The summed E-state index contributed by atoms with van der Waals surface area (Å²) in [6.45, 7) is 8.95. The van der Waals surface area contributed by atoms with E-state index in [1.54, 1.807) is 0 Å². The lowest BCUT2D eigenvalue weighted by Gasteiger charge is -2.31. The van der Waals surface area contributed by atoms with Crippen molar-refractivity contribution in [3.8, 4) is 0 Å². The van der Waals surface area contributed by atoms with Crippen LogP contribution in [0.25, 0.3) is 0 Å². The summed E-state index contributed by atoms with van der Waals surface area (Å²) >= 11 is 0. The van der Waals surface area contributed by atoms with Gasteiger partial charge in [0, 0.05) is 19.1 Å². The van der Waals surface area contributed by atoms with Gasteiger partial charge in [-0.05, 0) is 39.2 Å². The van der Waals surface area contributed by atoms with Gasteiger partial charge in [-0.3, -0.25) is 4.79 Å². The SMILES string of the molecule is CCOC(=O)C(CCN(CC(C)C)C1CCCC1)NC. The van der Waals surface area contributed by atoms with Crippen molar-refractivity contribution >= 4 is 5.97 Å². The maximum atomic E-state index is 11.8. The Balaban J connectivity index is 2.48. The molecule has 0 aromatic heterocycles. The fourth-order valence-corrected chi connectivity index (χ4v) is 3.08. The summed E-state index contributed by atoms with van der Waals surface area (Å²) < 4.78 is 5.11. The Morgan fingerprint density at radius 1 is 1.35 bits per heavy atom. The third kappa shape index (κ3) is 5.80. The molecule has 4 heteroatoms. The number of hydrogen-bond acceptors (Lipinski definition) is 4. The summed E-state index contributed by atoms with van der Waals surface area (Å²) in [5, 5.41) is 3.08. The first-order valence-electron chi connectivity index (χ1n) is 8.16. The topological polar surface area (TPSA) is 41.6 Å². The Bertz CT molecular complexity index is 276. The molecule has 1 fully saturated rings. The van der Waals surface area contributed by atoms with Crippen LogP contribution in [0.4, 0.5) is 0 Å².